The summed E-state index contributed by atoms with van der Waals surface area (Å²) in [5.41, 5.74) is -1.15. The molecule has 1 saturated heterocycles. The molecule has 1 unspecified atom stereocenters. The van der Waals surface area contributed by atoms with Crippen LogP contribution in [0.1, 0.15) is 31.2 Å². The van der Waals surface area contributed by atoms with Crippen LogP contribution in [0.4, 0.5) is 0 Å². The number of benzene rings is 1. The number of rotatable bonds is 1. The second-order valence-corrected chi connectivity index (χ2v) is 4.83. The minimum Gasteiger partial charge on any atom is -0.358 e. The molecule has 4 nitrogen and oxygen atoms in total. The Kier molecular flexibility index (Phi) is 2.67. The van der Waals surface area contributed by atoms with E-state index in [1.165, 1.54) is 0 Å². The van der Waals surface area contributed by atoms with Gasteiger partial charge >= 0.3 is 0 Å². The molecule has 94 valence electrons. The highest BCUT2D eigenvalue weighted by atomic mass is 16.3. The van der Waals surface area contributed by atoms with Crippen LogP contribution in [0, 0.1) is 0 Å². The zero-order chi connectivity index (χ0) is 12.6. The number of nitrogens with zero attached hydrogens (tertiary/aromatic N) is 2. The van der Waals surface area contributed by atoms with Crippen molar-refractivity contribution in [2.75, 3.05) is 6.54 Å². The molecule has 1 N–H and O–H groups in total. The van der Waals surface area contributed by atoms with Gasteiger partial charge in [0, 0.05) is 18.5 Å². The predicted octanol–water partition coefficient (Wildman–Crippen LogP) is 1.65. The summed E-state index contributed by atoms with van der Waals surface area (Å²) in [6.45, 7) is 0.673. The first-order chi connectivity index (χ1) is 8.72. The van der Waals surface area contributed by atoms with Crippen molar-refractivity contribution in [3.8, 4) is 0 Å². The molecule has 18 heavy (non-hydrogen) atoms. The molecule has 3 rings (SSSR count). The highest BCUT2D eigenvalue weighted by Crippen LogP contribution is 2.33. The van der Waals surface area contributed by atoms with Crippen LogP contribution in [-0.2, 0) is 10.5 Å². The maximum absolute atomic E-state index is 12.4. The van der Waals surface area contributed by atoms with E-state index < -0.39 is 5.72 Å². The van der Waals surface area contributed by atoms with E-state index in [2.05, 4.69) is 4.99 Å². The second kappa shape index (κ2) is 4.21. The summed E-state index contributed by atoms with van der Waals surface area (Å²) in [6, 6.07) is 8.97. The molecule has 1 aromatic rings. The highest BCUT2D eigenvalue weighted by molar-refractivity contribution is 6.07. The quantitative estimate of drug-likeness (QED) is 0.816. The molecule has 0 saturated carbocycles. The number of fused-ring (bicyclic) bond motifs is 1. The highest BCUT2D eigenvalue weighted by Gasteiger charge is 2.48. The van der Waals surface area contributed by atoms with E-state index in [4.69, 9.17) is 0 Å². The molecule has 2 aliphatic rings. The van der Waals surface area contributed by atoms with Gasteiger partial charge in [0.2, 0.25) is 0 Å². The molecule has 1 aromatic carbocycles. The lowest BCUT2D eigenvalue weighted by Gasteiger charge is -2.21. The zero-order valence-electron chi connectivity index (χ0n) is 10.2. The van der Waals surface area contributed by atoms with Crippen LogP contribution in [0.2, 0.25) is 0 Å². The monoisotopic (exact) mass is 244 g/mol. The minimum absolute atomic E-state index is 0.300. The fourth-order valence-electron chi connectivity index (χ4n) is 2.61. The fraction of sp³-hybridized carbons (Fsp3) is 0.429. The molecule has 1 fully saturated rings. The number of aliphatic imine (C=N–C) groups is 1. The third-order valence-corrected chi connectivity index (χ3v) is 3.60. The van der Waals surface area contributed by atoms with Crippen LogP contribution in [0.5, 0.6) is 0 Å². The van der Waals surface area contributed by atoms with Crippen LogP contribution in [0.25, 0.3) is 0 Å². The Bertz CT molecular complexity index is 498. The lowest BCUT2D eigenvalue weighted by molar-refractivity contribution is -0.144. The van der Waals surface area contributed by atoms with Crippen molar-refractivity contribution in [2.45, 2.75) is 31.4 Å². The standard InChI is InChI=1S/C14H16N2O2/c17-13-14(18,11-7-3-1-4-8-11)15-12-9-5-2-6-10-16(12)13/h1,3-4,7-8,18H,2,5-6,9-10H2. The van der Waals surface area contributed by atoms with E-state index in [9.17, 15) is 9.90 Å². The summed E-state index contributed by atoms with van der Waals surface area (Å²) in [6.07, 6.45) is 3.91. The molecule has 0 spiro atoms. The first kappa shape index (κ1) is 11.4. The number of carbonyl (C=O) groups is 1. The third-order valence-electron chi connectivity index (χ3n) is 3.60. The van der Waals surface area contributed by atoms with Gasteiger partial charge < -0.3 is 5.11 Å². The molecule has 2 heterocycles. The smallest absolute Gasteiger partial charge is 0.288 e. The second-order valence-electron chi connectivity index (χ2n) is 4.83. The number of hydrogen-bond donors (Lipinski definition) is 1. The normalized spacial score (nSPS) is 27.7. The van der Waals surface area contributed by atoms with Crippen molar-refractivity contribution in [1.29, 1.82) is 0 Å². The van der Waals surface area contributed by atoms with E-state index in [-0.39, 0.29) is 5.91 Å². The molecular weight excluding hydrogens is 228 g/mol. The number of amides is 1. The van der Waals surface area contributed by atoms with E-state index in [1.54, 1.807) is 17.0 Å². The first-order valence-corrected chi connectivity index (χ1v) is 6.40. The van der Waals surface area contributed by atoms with Gasteiger partial charge in [0.25, 0.3) is 11.6 Å². The molecule has 0 aromatic heterocycles. The van der Waals surface area contributed by atoms with Gasteiger partial charge in [-0.05, 0) is 12.8 Å². The summed E-state index contributed by atoms with van der Waals surface area (Å²) >= 11 is 0. The summed E-state index contributed by atoms with van der Waals surface area (Å²) in [5, 5.41) is 10.6. The summed E-state index contributed by atoms with van der Waals surface area (Å²) in [4.78, 5) is 18.3. The lowest BCUT2D eigenvalue weighted by atomic mass is 10.0. The van der Waals surface area contributed by atoms with Crippen LogP contribution in [-0.4, -0.2) is 28.3 Å². The SMILES string of the molecule is O=C1N2CCCCCC2=NC1(O)c1ccccc1. The number of hydrogen-bond acceptors (Lipinski definition) is 3. The van der Waals surface area contributed by atoms with Crippen molar-refractivity contribution in [2.24, 2.45) is 4.99 Å². The van der Waals surface area contributed by atoms with Gasteiger partial charge in [-0.2, -0.15) is 0 Å². The Hall–Kier alpha value is -1.68. The average molecular weight is 244 g/mol. The summed E-state index contributed by atoms with van der Waals surface area (Å²) in [7, 11) is 0. The topological polar surface area (TPSA) is 52.9 Å². The summed E-state index contributed by atoms with van der Waals surface area (Å²) < 4.78 is 0. The van der Waals surface area contributed by atoms with Crippen molar-refractivity contribution < 1.29 is 9.90 Å². The van der Waals surface area contributed by atoms with E-state index in [1.807, 2.05) is 18.2 Å². The molecule has 2 aliphatic heterocycles. The Labute approximate surface area is 106 Å². The molecule has 0 aliphatic carbocycles. The molecule has 1 amide bonds. The van der Waals surface area contributed by atoms with Crippen LogP contribution in [0.3, 0.4) is 0 Å². The first-order valence-electron chi connectivity index (χ1n) is 6.40. The third kappa shape index (κ3) is 1.64. The Balaban J connectivity index is 2.01. The van der Waals surface area contributed by atoms with Crippen molar-refractivity contribution in [3.05, 3.63) is 35.9 Å². The van der Waals surface area contributed by atoms with Crippen LogP contribution >= 0.6 is 0 Å². The molecule has 4 heteroatoms. The van der Waals surface area contributed by atoms with Crippen molar-refractivity contribution >= 4 is 11.7 Å². The van der Waals surface area contributed by atoms with E-state index >= 15 is 0 Å². The largest absolute Gasteiger partial charge is 0.358 e. The molecule has 0 bridgehead atoms. The Morgan fingerprint density at radius 3 is 2.72 bits per heavy atom. The van der Waals surface area contributed by atoms with Gasteiger partial charge in [-0.15, -0.1) is 0 Å². The Morgan fingerprint density at radius 1 is 1.17 bits per heavy atom. The van der Waals surface area contributed by atoms with Gasteiger partial charge in [-0.3, -0.25) is 9.69 Å². The fourth-order valence-corrected chi connectivity index (χ4v) is 2.61. The predicted molar refractivity (Wildman–Crippen MR) is 68.0 cm³/mol. The van der Waals surface area contributed by atoms with Crippen molar-refractivity contribution in [3.63, 3.8) is 0 Å². The summed E-state index contributed by atoms with van der Waals surface area (Å²) in [5.74, 6) is 0.439. The van der Waals surface area contributed by atoms with Crippen molar-refractivity contribution in [1.82, 2.24) is 4.90 Å². The number of amidine groups is 1. The van der Waals surface area contributed by atoms with Gasteiger partial charge in [-0.1, -0.05) is 36.8 Å². The minimum atomic E-state index is -1.70. The van der Waals surface area contributed by atoms with Gasteiger partial charge in [0.1, 0.15) is 5.84 Å². The lowest BCUT2D eigenvalue weighted by Crippen LogP contribution is -2.40. The molecular formula is C14H16N2O2. The molecule has 1 atom stereocenters. The van der Waals surface area contributed by atoms with Gasteiger partial charge in [-0.25, -0.2) is 4.99 Å². The van der Waals surface area contributed by atoms with Crippen LogP contribution < -0.4 is 0 Å². The van der Waals surface area contributed by atoms with Crippen LogP contribution in [0.15, 0.2) is 35.3 Å². The average Bonchev–Trinajstić information content (AvgIpc) is 2.58. The zero-order valence-corrected chi connectivity index (χ0v) is 10.2. The van der Waals surface area contributed by atoms with Gasteiger partial charge in [0.15, 0.2) is 0 Å². The maximum atomic E-state index is 12.4. The van der Waals surface area contributed by atoms with Gasteiger partial charge in [0.05, 0.1) is 0 Å². The molecule has 0 radical (unpaired) electrons. The van der Waals surface area contributed by atoms with E-state index in [0.29, 0.717) is 12.1 Å². The number of aliphatic hydroxyl groups is 1. The van der Waals surface area contributed by atoms with E-state index in [0.717, 1.165) is 31.5 Å². The maximum Gasteiger partial charge on any atom is 0.288 e. The Morgan fingerprint density at radius 2 is 1.94 bits per heavy atom. The number of carbonyl (C=O) groups excluding carboxylic acids is 1.